The van der Waals surface area contributed by atoms with Gasteiger partial charge in [-0.3, -0.25) is 4.79 Å². The molecule has 1 aliphatic heterocycles. The SMILES string of the molecule is CC(O)(CNC(=O)c1ccccc1O)CC1CC(C)(C)Oc2nc(-c3cc(C#N)ccc3Cl)c(-c3ccc(Cl)cc3)cc21. The van der Waals surface area contributed by atoms with E-state index in [1.54, 1.807) is 49.4 Å². The van der Waals surface area contributed by atoms with Crippen LogP contribution in [-0.2, 0) is 0 Å². The maximum absolute atomic E-state index is 12.7. The van der Waals surface area contributed by atoms with E-state index >= 15 is 0 Å². The fourth-order valence-electron chi connectivity index (χ4n) is 5.54. The van der Waals surface area contributed by atoms with Crippen LogP contribution in [0.15, 0.2) is 72.8 Å². The second-order valence-corrected chi connectivity index (χ2v) is 12.6. The van der Waals surface area contributed by atoms with Gasteiger partial charge in [0, 0.05) is 28.3 Å². The molecular weight excluding hydrogens is 585 g/mol. The second kappa shape index (κ2) is 11.9. The Morgan fingerprint density at radius 2 is 1.84 bits per heavy atom. The molecular formula is C34H31Cl2N3O4. The third kappa shape index (κ3) is 6.78. The number of hydrogen-bond acceptors (Lipinski definition) is 6. The summed E-state index contributed by atoms with van der Waals surface area (Å²) in [4.78, 5) is 17.7. The van der Waals surface area contributed by atoms with Crippen LogP contribution in [0.4, 0.5) is 0 Å². The van der Waals surface area contributed by atoms with Crippen molar-refractivity contribution in [3.05, 3.63) is 99.5 Å². The lowest BCUT2D eigenvalue weighted by atomic mass is 9.78. The molecule has 0 aliphatic carbocycles. The number of nitrogens with zero attached hydrogens (tertiary/aromatic N) is 2. The first kappa shape index (κ1) is 30.4. The van der Waals surface area contributed by atoms with Gasteiger partial charge in [0.05, 0.1) is 33.5 Å². The summed E-state index contributed by atoms with van der Waals surface area (Å²) >= 11 is 12.8. The largest absolute Gasteiger partial charge is 0.507 e. The molecule has 220 valence electrons. The average Bonchev–Trinajstić information content (AvgIpc) is 2.96. The maximum atomic E-state index is 12.7. The summed E-state index contributed by atoms with van der Waals surface area (Å²) in [6.45, 7) is 5.58. The minimum Gasteiger partial charge on any atom is -0.507 e. The predicted molar refractivity (Wildman–Crippen MR) is 168 cm³/mol. The zero-order chi connectivity index (χ0) is 30.9. The van der Waals surface area contributed by atoms with Gasteiger partial charge < -0.3 is 20.3 Å². The van der Waals surface area contributed by atoms with Crippen LogP contribution in [-0.4, -0.2) is 38.9 Å². The van der Waals surface area contributed by atoms with E-state index in [1.807, 2.05) is 32.0 Å². The van der Waals surface area contributed by atoms with Gasteiger partial charge in [-0.05, 0) is 93.6 Å². The van der Waals surface area contributed by atoms with E-state index in [9.17, 15) is 20.3 Å². The number of pyridine rings is 1. The van der Waals surface area contributed by atoms with Crippen LogP contribution in [0.2, 0.25) is 10.0 Å². The number of benzene rings is 3. The van der Waals surface area contributed by atoms with Gasteiger partial charge in [-0.15, -0.1) is 0 Å². The highest BCUT2D eigenvalue weighted by molar-refractivity contribution is 6.33. The first-order valence-corrected chi connectivity index (χ1v) is 14.6. The molecule has 0 radical (unpaired) electrons. The summed E-state index contributed by atoms with van der Waals surface area (Å²) in [5.74, 6) is -0.360. The van der Waals surface area contributed by atoms with Crippen molar-refractivity contribution in [3.8, 4) is 40.1 Å². The number of ether oxygens (including phenoxy) is 1. The third-order valence-electron chi connectivity index (χ3n) is 7.54. The van der Waals surface area contributed by atoms with Crippen LogP contribution >= 0.6 is 23.2 Å². The summed E-state index contributed by atoms with van der Waals surface area (Å²) in [7, 11) is 0. The number of aliphatic hydroxyl groups is 1. The lowest BCUT2D eigenvalue weighted by Crippen LogP contribution is -2.44. The van der Waals surface area contributed by atoms with Gasteiger partial charge in [0.25, 0.3) is 5.91 Å². The van der Waals surface area contributed by atoms with Crippen molar-refractivity contribution in [1.29, 1.82) is 5.26 Å². The van der Waals surface area contributed by atoms with Crippen LogP contribution in [0, 0.1) is 11.3 Å². The molecule has 43 heavy (non-hydrogen) atoms. The highest BCUT2D eigenvalue weighted by Crippen LogP contribution is 2.47. The Labute approximate surface area is 260 Å². The molecule has 2 atom stereocenters. The van der Waals surface area contributed by atoms with Crippen molar-refractivity contribution in [2.45, 2.75) is 50.7 Å². The lowest BCUT2D eigenvalue weighted by molar-refractivity contribution is 0.0159. The van der Waals surface area contributed by atoms with Crippen molar-refractivity contribution in [2.75, 3.05) is 6.54 Å². The van der Waals surface area contributed by atoms with Crippen molar-refractivity contribution >= 4 is 29.1 Å². The summed E-state index contributed by atoms with van der Waals surface area (Å²) < 4.78 is 6.38. The van der Waals surface area contributed by atoms with Crippen molar-refractivity contribution < 1.29 is 19.7 Å². The number of rotatable bonds is 7. The first-order chi connectivity index (χ1) is 20.4. The number of halogens is 2. The Kier molecular flexibility index (Phi) is 8.40. The number of phenols is 1. The normalized spacial score (nSPS) is 16.7. The van der Waals surface area contributed by atoms with Crippen LogP contribution < -0.4 is 10.1 Å². The summed E-state index contributed by atoms with van der Waals surface area (Å²) in [6.07, 6.45) is 0.898. The van der Waals surface area contributed by atoms with Crippen LogP contribution in [0.1, 0.15) is 61.0 Å². The topological polar surface area (TPSA) is 115 Å². The van der Waals surface area contributed by atoms with E-state index in [2.05, 4.69) is 11.4 Å². The van der Waals surface area contributed by atoms with Crippen LogP contribution in [0.5, 0.6) is 11.6 Å². The number of carbonyl (C=O) groups is 1. The molecule has 3 N–H and O–H groups in total. The van der Waals surface area contributed by atoms with E-state index in [1.165, 1.54) is 12.1 Å². The molecule has 1 amide bonds. The number of nitriles is 1. The number of aromatic hydroxyl groups is 1. The smallest absolute Gasteiger partial charge is 0.255 e. The molecule has 7 nitrogen and oxygen atoms in total. The zero-order valence-electron chi connectivity index (χ0n) is 24.0. The van der Waals surface area contributed by atoms with Gasteiger partial charge in [-0.2, -0.15) is 5.26 Å². The van der Waals surface area contributed by atoms with Crippen molar-refractivity contribution in [1.82, 2.24) is 10.3 Å². The van der Waals surface area contributed by atoms with E-state index in [0.29, 0.717) is 45.6 Å². The first-order valence-electron chi connectivity index (χ1n) is 13.8. The molecule has 1 aliphatic rings. The molecule has 2 heterocycles. The summed E-state index contributed by atoms with van der Waals surface area (Å²) in [6, 6.07) is 22.9. The van der Waals surface area contributed by atoms with E-state index in [0.717, 1.165) is 16.7 Å². The van der Waals surface area contributed by atoms with E-state index in [4.69, 9.17) is 32.9 Å². The van der Waals surface area contributed by atoms with Gasteiger partial charge in [0.2, 0.25) is 5.88 Å². The molecule has 3 aromatic carbocycles. The molecule has 0 saturated carbocycles. The van der Waals surface area contributed by atoms with Crippen LogP contribution in [0.3, 0.4) is 0 Å². The van der Waals surface area contributed by atoms with E-state index in [-0.39, 0.29) is 23.8 Å². The zero-order valence-corrected chi connectivity index (χ0v) is 25.5. The van der Waals surface area contributed by atoms with Gasteiger partial charge in [0.1, 0.15) is 11.4 Å². The number of fused-ring (bicyclic) bond motifs is 1. The average molecular weight is 617 g/mol. The standard InChI is InChI=1S/C34H31Cl2N3O4/c1-33(2)16-22(17-34(3,42)19-38-31(41)24-6-4-5-7-29(24)40)26-15-25(21-9-11-23(35)12-10-21)30(39-32(26)43-33)27-14-20(18-37)8-13-28(27)36/h4-15,22,40,42H,16-17,19H2,1-3H3,(H,38,41). The molecule has 2 unspecified atom stereocenters. The molecule has 0 bridgehead atoms. The van der Waals surface area contributed by atoms with Crippen LogP contribution in [0.25, 0.3) is 22.4 Å². The van der Waals surface area contributed by atoms with Gasteiger partial charge in [0.15, 0.2) is 0 Å². The fourth-order valence-corrected chi connectivity index (χ4v) is 5.87. The summed E-state index contributed by atoms with van der Waals surface area (Å²) in [5, 5.41) is 34.9. The molecule has 0 fully saturated rings. The maximum Gasteiger partial charge on any atom is 0.255 e. The molecule has 4 aromatic rings. The minimum absolute atomic E-state index is 0.0284. The quantitative estimate of drug-likeness (QED) is 0.198. The monoisotopic (exact) mass is 615 g/mol. The Morgan fingerprint density at radius 3 is 2.53 bits per heavy atom. The molecule has 1 aromatic heterocycles. The van der Waals surface area contributed by atoms with Crippen molar-refractivity contribution in [3.63, 3.8) is 0 Å². The lowest BCUT2D eigenvalue weighted by Gasteiger charge is -2.40. The summed E-state index contributed by atoms with van der Waals surface area (Å²) in [5.41, 5.74) is 2.27. The molecule has 9 heteroatoms. The second-order valence-electron chi connectivity index (χ2n) is 11.8. The molecule has 0 spiro atoms. The van der Waals surface area contributed by atoms with Gasteiger partial charge in [-0.1, -0.05) is 47.5 Å². The predicted octanol–water partition coefficient (Wildman–Crippen LogP) is 7.52. The fraction of sp³-hybridized carbons (Fsp3) is 0.265. The highest BCUT2D eigenvalue weighted by atomic mass is 35.5. The Balaban J connectivity index is 1.54. The Bertz CT molecular complexity index is 1730. The number of amides is 1. The van der Waals surface area contributed by atoms with Gasteiger partial charge >= 0.3 is 0 Å². The number of hydrogen-bond donors (Lipinski definition) is 3. The van der Waals surface area contributed by atoms with Gasteiger partial charge in [-0.25, -0.2) is 4.98 Å². The number of nitrogens with one attached hydrogen (secondary N) is 1. The molecule has 0 saturated heterocycles. The number of para-hydroxylation sites is 1. The number of aromatic nitrogens is 1. The number of carbonyl (C=O) groups excluding carboxylic acids is 1. The van der Waals surface area contributed by atoms with E-state index < -0.39 is 17.1 Å². The number of phenolic OH excluding ortho intramolecular Hbond substituents is 1. The minimum atomic E-state index is -1.29. The third-order valence-corrected chi connectivity index (χ3v) is 8.12. The Morgan fingerprint density at radius 1 is 1.12 bits per heavy atom. The van der Waals surface area contributed by atoms with Crippen molar-refractivity contribution in [2.24, 2.45) is 0 Å². The molecule has 5 rings (SSSR count). The highest BCUT2D eigenvalue weighted by Gasteiger charge is 2.39. The Hall–Kier alpha value is -4.09.